The van der Waals surface area contributed by atoms with Gasteiger partial charge in [0, 0.05) is 12.7 Å². The maximum absolute atomic E-state index is 13.7. The smallest absolute Gasteiger partial charge is 0.135 e. The third-order valence-corrected chi connectivity index (χ3v) is 2.93. The fourth-order valence-electron chi connectivity index (χ4n) is 1.86. The van der Waals surface area contributed by atoms with Crippen LogP contribution in [0.25, 0.3) is 11.3 Å². The third-order valence-electron chi connectivity index (χ3n) is 2.93. The highest BCUT2D eigenvalue weighted by Crippen LogP contribution is 2.29. The van der Waals surface area contributed by atoms with Crippen molar-refractivity contribution in [3.63, 3.8) is 0 Å². The third kappa shape index (κ3) is 2.92. The van der Waals surface area contributed by atoms with Crippen LogP contribution < -0.4 is 5.73 Å². The number of hydrogen-bond acceptors (Lipinski definition) is 2. The summed E-state index contributed by atoms with van der Waals surface area (Å²) in [5.41, 5.74) is 6.09. The van der Waals surface area contributed by atoms with Crippen LogP contribution in [-0.2, 0) is 6.54 Å². The largest absolute Gasteiger partial charge is 0.396 e. The van der Waals surface area contributed by atoms with Gasteiger partial charge in [0.05, 0.1) is 11.3 Å². The number of nitrogen functional groups attached to an aromatic ring is 1. The van der Waals surface area contributed by atoms with E-state index in [0.29, 0.717) is 12.5 Å². The Balaban J connectivity index is 2.35. The lowest BCUT2D eigenvalue weighted by Crippen LogP contribution is -2.02. The zero-order valence-electron chi connectivity index (χ0n) is 11.0. The average molecular weight is 265 g/mol. The summed E-state index contributed by atoms with van der Waals surface area (Å²) in [5.74, 6) is -0.777. The molecule has 1 aromatic carbocycles. The molecule has 2 rings (SSSR count). The summed E-state index contributed by atoms with van der Waals surface area (Å²) >= 11 is 0. The number of rotatable bonds is 4. The van der Waals surface area contributed by atoms with Crippen LogP contribution in [0.15, 0.2) is 24.4 Å². The lowest BCUT2D eigenvalue weighted by atomic mass is 10.1. The van der Waals surface area contributed by atoms with E-state index in [4.69, 9.17) is 5.73 Å². The van der Waals surface area contributed by atoms with Crippen LogP contribution in [0.5, 0.6) is 0 Å². The van der Waals surface area contributed by atoms with Crippen molar-refractivity contribution in [2.45, 2.75) is 26.8 Å². The quantitative estimate of drug-likeness (QED) is 0.920. The van der Waals surface area contributed by atoms with Crippen LogP contribution >= 0.6 is 0 Å². The molecule has 0 aliphatic rings. The highest BCUT2D eigenvalue weighted by molar-refractivity contribution is 5.72. The summed E-state index contributed by atoms with van der Waals surface area (Å²) < 4.78 is 29.0. The van der Waals surface area contributed by atoms with Crippen LogP contribution in [0, 0.1) is 17.6 Å². The molecule has 102 valence electrons. The second-order valence-corrected chi connectivity index (χ2v) is 4.98. The molecule has 0 saturated carbocycles. The van der Waals surface area contributed by atoms with Crippen molar-refractivity contribution in [2.24, 2.45) is 5.92 Å². The fourth-order valence-corrected chi connectivity index (χ4v) is 1.86. The Kier molecular flexibility index (Phi) is 3.83. The molecule has 0 aliphatic carbocycles. The number of nitrogens with zero attached hydrogens (tertiary/aromatic N) is 2. The van der Waals surface area contributed by atoms with E-state index in [0.717, 1.165) is 6.42 Å². The molecule has 0 atom stereocenters. The van der Waals surface area contributed by atoms with E-state index in [-0.39, 0.29) is 16.9 Å². The first-order chi connectivity index (χ1) is 8.99. The molecule has 0 saturated heterocycles. The SMILES string of the molecule is CC(C)CCn1cc(N)c(-c2c(F)cccc2F)n1. The van der Waals surface area contributed by atoms with E-state index in [1.165, 1.54) is 18.2 Å². The first-order valence-corrected chi connectivity index (χ1v) is 6.26. The Hall–Kier alpha value is -1.91. The van der Waals surface area contributed by atoms with Crippen molar-refractivity contribution in [3.8, 4) is 11.3 Å². The number of aromatic nitrogens is 2. The standard InChI is InChI=1S/C14H17F2N3/c1-9(2)6-7-19-8-12(17)14(18-19)13-10(15)4-3-5-11(13)16/h3-5,8-9H,6-7,17H2,1-2H3. The molecule has 19 heavy (non-hydrogen) atoms. The van der Waals surface area contributed by atoms with Crippen LogP contribution in [0.3, 0.4) is 0 Å². The molecule has 5 heteroatoms. The molecule has 0 fully saturated rings. The van der Waals surface area contributed by atoms with Crippen LogP contribution in [0.1, 0.15) is 20.3 Å². The van der Waals surface area contributed by atoms with Gasteiger partial charge in [0.1, 0.15) is 17.3 Å². The van der Waals surface area contributed by atoms with Crippen LogP contribution in [-0.4, -0.2) is 9.78 Å². The van der Waals surface area contributed by atoms with Gasteiger partial charge in [-0.15, -0.1) is 0 Å². The number of hydrogen-bond donors (Lipinski definition) is 1. The first-order valence-electron chi connectivity index (χ1n) is 6.26. The second-order valence-electron chi connectivity index (χ2n) is 4.98. The second kappa shape index (κ2) is 5.38. The molecule has 0 bridgehead atoms. The fraction of sp³-hybridized carbons (Fsp3) is 0.357. The Morgan fingerprint density at radius 1 is 1.26 bits per heavy atom. The molecule has 3 nitrogen and oxygen atoms in total. The normalized spacial score (nSPS) is 11.2. The lowest BCUT2D eigenvalue weighted by molar-refractivity contribution is 0.487. The molecule has 1 aromatic heterocycles. The maximum Gasteiger partial charge on any atom is 0.135 e. The van der Waals surface area contributed by atoms with Crippen LogP contribution in [0.4, 0.5) is 14.5 Å². The van der Waals surface area contributed by atoms with Crippen molar-refractivity contribution < 1.29 is 8.78 Å². The summed E-state index contributed by atoms with van der Waals surface area (Å²) in [4.78, 5) is 0. The van der Waals surface area contributed by atoms with E-state index in [2.05, 4.69) is 18.9 Å². The number of anilines is 1. The molecular weight excluding hydrogens is 248 g/mol. The molecule has 0 amide bonds. The van der Waals surface area contributed by atoms with Crippen molar-refractivity contribution in [2.75, 3.05) is 5.73 Å². The van der Waals surface area contributed by atoms with Gasteiger partial charge in [0.2, 0.25) is 0 Å². The topological polar surface area (TPSA) is 43.8 Å². The van der Waals surface area contributed by atoms with Crippen molar-refractivity contribution in [1.29, 1.82) is 0 Å². The monoisotopic (exact) mass is 265 g/mol. The molecule has 1 heterocycles. The van der Waals surface area contributed by atoms with E-state index in [9.17, 15) is 8.78 Å². The molecule has 0 spiro atoms. The van der Waals surface area contributed by atoms with E-state index >= 15 is 0 Å². The van der Waals surface area contributed by atoms with Crippen molar-refractivity contribution in [1.82, 2.24) is 9.78 Å². The summed E-state index contributed by atoms with van der Waals surface area (Å²) in [7, 11) is 0. The number of halogens is 2. The summed E-state index contributed by atoms with van der Waals surface area (Å²) in [6.07, 6.45) is 2.55. The molecule has 2 aromatic rings. The zero-order chi connectivity index (χ0) is 14.0. The Labute approximate surface area is 111 Å². The van der Waals surface area contributed by atoms with Crippen molar-refractivity contribution >= 4 is 5.69 Å². The maximum atomic E-state index is 13.7. The summed E-state index contributed by atoms with van der Waals surface area (Å²) in [6, 6.07) is 3.72. The van der Waals surface area contributed by atoms with Crippen molar-refractivity contribution in [3.05, 3.63) is 36.0 Å². The number of nitrogens with two attached hydrogens (primary N) is 1. The molecule has 0 unspecified atom stereocenters. The minimum Gasteiger partial charge on any atom is -0.396 e. The highest BCUT2D eigenvalue weighted by Gasteiger charge is 2.17. The predicted octanol–water partition coefficient (Wildman–Crippen LogP) is 3.46. The Morgan fingerprint density at radius 3 is 2.47 bits per heavy atom. The Morgan fingerprint density at radius 2 is 1.89 bits per heavy atom. The Bertz CT molecular complexity index is 556. The lowest BCUT2D eigenvalue weighted by Gasteiger charge is -2.04. The highest BCUT2D eigenvalue weighted by atomic mass is 19.1. The summed E-state index contributed by atoms with van der Waals surface area (Å²) in [5, 5.41) is 4.19. The predicted molar refractivity (Wildman–Crippen MR) is 71.4 cm³/mol. The van der Waals surface area contributed by atoms with Gasteiger partial charge in [-0.1, -0.05) is 19.9 Å². The van der Waals surface area contributed by atoms with Gasteiger partial charge in [-0.05, 0) is 24.5 Å². The van der Waals surface area contributed by atoms with E-state index < -0.39 is 11.6 Å². The average Bonchev–Trinajstić information content (AvgIpc) is 2.68. The van der Waals surface area contributed by atoms with Gasteiger partial charge in [0.15, 0.2) is 0 Å². The molecule has 0 aliphatic heterocycles. The van der Waals surface area contributed by atoms with Gasteiger partial charge in [0.25, 0.3) is 0 Å². The number of aryl methyl sites for hydroxylation is 1. The number of benzene rings is 1. The minimum absolute atomic E-state index is 0.164. The zero-order valence-corrected chi connectivity index (χ0v) is 11.0. The van der Waals surface area contributed by atoms with E-state index in [1.54, 1.807) is 10.9 Å². The molecule has 2 N–H and O–H groups in total. The molecular formula is C14H17F2N3. The van der Waals surface area contributed by atoms with Gasteiger partial charge >= 0.3 is 0 Å². The van der Waals surface area contributed by atoms with Gasteiger partial charge in [-0.3, -0.25) is 4.68 Å². The minimum atomic E-state index is -0.652. The van der Waals surface area contributed by atoms with E-state index in [1.807, 2.05) is 0 Å². The van der Waals surface area contributed by atoms with Gasteiger partial charge < -0.3 is 5.73 Å². The summed E-state index contributed by atoms with van der Waals surface area (Å²) in [6.45, 7) is 4.88. The van der Waals surface area contributed by atoms with Gasteiger partial charge in [-0.25, -0.2) is 8.78 Å². The van der Waals surface area contributed by atoms with Gasteiger partial charge in [-0.2, -0.15) is 5.10 Å². The van der Waals surface area contributed by atoms with Crippen LogP contribution in [0.2, 0.25) is 0 Å². The first kappa shape index (κ1) is 13.5. The molecule has 0 radical (unpaired) electrons.